The van der Waals surface area contributed by atoms with Crippen LogP contribution in [-0.2, 0) is 13.5 Å². The molecule has 2 aromatic heterocycles. The second-order valence-electron chi connectivity index (χ2n) is 5.80. The van der Waals surface area contributed by atoms with Crippen molar-refractivity contribution >= 4 is 33.8 Å². The SMILES string of the molecule is Cc1nc(Cc2cc(F)cc(Cl)c2)sc1NC(=O)c1ccc(=O)n(C)c1. The van der Waals surface area contributed by atoms with Crippen molar-refractivity contribution in [3.63, 3.8) is 0 Å². The van der Waals surface area contributed by atoms with Crippen molar-refractivity contribution in [1.29, 1.82) is 0 Å². The molecule has 1 amide bonds. The van der Waals surface area contributed by atoms with Crippen LogP contribution < -0.4 is 10.9 Å². The number of nitrogens with zero attached hydrogens (tertiary/aromatic N) is 2. The van der Waals surface area contributed by atoms with E-state index < -0.39 is 5.82 Å². The monoisotopic (exact) mass is 391 g/mol. The highest BCUT2D eigenvalue weighted by Crippen LogP contribution is 2.27. The van der Waals surface area contributed by atoms with Crippen molar-refractivity contribution in [2.45, 2.75) is 13.3 Å². The van der Waals surface area contributed by atoms with E-state index in [2.05, 4.69) is 10.3 Å². The maximum Gasteiger partial charge on any atom is 0.257 e. The molecule has 3 aromatic rings. The van der Waals surface area contributed by atoms with Gasteiger partial charge < -0.3 is 9.88 Å². The van der Waals surface area contributed by atoms with Crippen molar-refractivity contribution in [3.8, 4) is 0 Å². The fourth-order valence-corrected chi connectivity index (χ4v) is 3.67. The number of carbonyl (C=O) groups excluding carboxylic acids is 1. The highest BCUT2D eigenvalue weighted by atomic mass is 35.5. The third-order valence-corrected chi connectivity index (χ3v) is 4.98. The highest BCUT2D eigenvalue weighted by molar-refractivity contribution is 7.16. The van der Waals surface area contributed by atoms with E-state index in [1.807, 2.05) is 0 Å². The van der Waals surface area contributed by atoms with Crippen LogP contribution >= 0.6 is 22.9 Å². The Labute approximate surface area is 158 Å². The lowest BCUT2D eigenvalue weighted by Gasteiger charge is -2.04. The van der Waals surface area contributed by atoms with Gasteiger partial charge in [-0.15, -0.1) is 11.3 Å². The van der Waals surface area contributed by atoms with E-state index in [-0.39, 0.29) is 11.5 Å². The van der Waals surface area contributed by atoms with Crippen LogP contribution in [0.3, 0.4) is 0 Å². The number of amides is 1. The maximum absolute atomic E-state index is 13.5. The Kier molecular flexibility index (Phi) is 5.20. The lowest BCUT2D eigenvalue weighted by Crippen LogP contribution is -2.19. The van der Waals surface area contributed by atoms with Gasteiger partial charge in [0.25, 0.3) is 5.91 Å². The second-order valence-corrected chi connectivity index (χ2v) is 7.32. The van der Waals surface area contributed by atoms with Gasteiger partial charge in [0.2, 0.25) is 5.56 Å². The van der Waals surface area contributed by atoms with Gasteiger partial charge in [-0.3, -0.25) is 9.59 Å². The third kappa shape index (κ3) is 4.17. The molecule has 0 fully saturated rings. The Bertz CT molecular complexity index is 1020. The molecule has 134 valence electrons. The smallest absolute Gasteiger partial charge is 0.257 e. The zero-order valence-corrected chi connectivity index (χ0v) is 15.6. The number of thiazole rings is 1. The zero-order chi connectivity index (χ0) is 18.8. The molecule has 8 heteroatoms. The Morgan fingerprint density at radius 2 is 2.12 bits per heavy atom. The molecule has 26 heavy (non-hydrogen) atoms. The van der Waals surface area contributed by atoms with E-state index in [1.54, 1.807) is 20.0 Å². The highest BCUT2D eigenvalue weighted by Gasteiger charge is 2.14. The molecule has 0 saturated heterocycles. The van der Waals surface area contributed by atoms with Gasteiger partial charge in [0.15, 0.2) is 0 Å². The first-order valence-corrected chi connectivity index (χ1v) is 8.90. The first kappa shape index (κ1) is 18.3. The molecule has 0 unspecified atom stereocenters. The van der Waals surface area contributed by atoms with E-state index in [4.69, 9.17) is 11.6 Å². The molecule has 0 aliphatic heterocycles. The largest absolute Gasteiger partial charge is 0.318 e. The molecule has 3 rings (SSSR count). The molecule has 2 heterocycles. The first-order chi connectivity index (χ1) is 12.3. The summed E-state index contributed by atoms with van der Waals surface area (Å²) >= 11 is 7.19. The fraction of sp³-hybridized carbons (Fsp3) is 0.167. The molecule has 0 spiro atoms. The molecule has 0 bridgehead atoms. The van der Waals surface area contributed by atoms with Gasteiger partial charge in [0.1, 0.15) is 10.8 Å². The van der Waals surface area contributed by atoms with Crippen LogP contribution in [0.2, 0.25) is 5.02 Å². The summed E-state index contributed by atoms with van der Waals surface area (Å²) in [7, 11) is 1.58. The van der Waals surface area contributed by atoms with Crippen molar-refractivity contribution in [2.75, 3.05) is 5.32 Å². The normalized spacial score (nSPS) is 10.8. The van der Waals surface area contributed by atoms with Crippen molar-refractivity contribution < 1.29 is 9.18 Å². The molecule has 0 saturated carbocycles. The second kappa shape index (κ2) is 7.39. The Balaban J connectivity index is 1.78. The third-order valence-electron chi connectivity index (χ3n) is 3.69. The van der Waals surface area contributed by atoms with Crippen molar-refractivity contribution in [2.24, 2.45) is 7.05 Å². The molecule has 5 nitrogen and oxygen atoms in total. The van der Waals surface area contributed by atoms with Crippen molar-refractivity contribution in [3.05, 3.63) is 79.6 Å². The average molecular weight is 392 g/mol. The van der Waals surface area contributed by atoms with Gasteiger partial charge in [-0.05, 0) is 36.8 Å². The summed E-state index contributed by atoms with van der Waals surface area (Å²) < 4.78 is 14.8. The quantitative estimate of drug-likeness (QED) is 0.736. The Hall–Kier alpha value is -2.51. The lowest BCUT2D eigenvalue weighted by atomic mass is 10.1. The summed E-state index contributed by atoms with van der Waals surface area (Å²) in [6.07, 6.45) is 1.89. The predicted octanol–water partition coefficient (Wildman–Crippen LogP) is 3.79. The molecule has 0 atom stereocenters. The molecule has 0 aliphatic rings. The predicted molar refractivity (Wildman–Crippen MR) is 101 cm³/mol. The van der Waals surface area contributed by atoms with Crippen LogP contribution in [0, 0.1) is 12.7 Å². The summed E-state index contributed by atoms with van der Waals surface area (Å²) in [5, 5.41) is 4.48. The Morgan fingerprint density at radius 1 is 1.35 bits per heavy atom. The van der Waals surface area contributed by atoms with Crippen LogP contribution in [0.5, 0.6) is 0 Å². The summed E-state index contributed by atoms with van der Waals surface area (Å²) in [6.45, 7) is 1.79. The summed E-state index contributed by atoms with van der Waals surface area (Å²) in [5.74, 6) is -0.725. The minimum absolute atomic E-state index is 0.188. The van der Waals surface area contributed by atoms with Crippen LogP contribution in [0.15, 0.2) is 41.3 Å². The van der Waals surface area contributed by atoms with Gasteiger partial charge >= 0.3 is 0 Å². The van der Waals surface area contributed by atoms with Crippen molar-refractivity contribution in [1.82, 2.24) is 9.55 Å². The number of halogens is 2. The number of carbonyl (C=O) groups is 1. The maximum atomic E-state index is 13.5. The topological polar surface area (TPSA) is 64.0 Å². The molecular formula is C18H15ClFN3O2S. The van der Waals surface area contributed by atoms with E-state index in [0.29, 0.717) is 33.3 Å². The van der Waals surface area contributed by atoms with Crippen LogP contribution in [0.25, 0.3) is 0 Å². The number of rotatable bonds is 4. The molecule has 0 aliphatic carbocycles. The fourth-order valence-electron chi connectivity index (χ4n) is 2.44. The number of benzene rings is 1. The number of nitrogens with one attached hydrogen (secondary N) is 1. The van der Waals surface area contributed by atoms with Gasteiger partial charge in [-0.2, -0.15) is 0 Å². The minimum atomic E-state index is -0.399. The van der Waals surface area contributed by atoms with Gasteiger partial charge in [0, 0.05) is 30.8 Å². The first-order valence-electron chi connectivity index (χ1n) is 7.71. The summed E-state index contributed by atoms with van der Waals surface area (Å²) in [6, 6.07) is 7.16. The van der Waals surface area contributed by atoms with E-state index in [9.17, 15) is 14.0 Å². The average Bonchev–Trinajstić information content (AvgIpc) is 2.88. The number of hydrogen-bond acceptors (Lipinski definition) is 4. The van der Waals surface area contributed by atoms with E-state index in [0.717, 1.165) is 5.01 Å². The molecule has 0 radical (unpaired) electrons. The number of aromatic nitrogens is 2. The molecular weight excluding hydrogens is 377 g/mol. The van der Waals surface area contributed by atoms with Gasteiger partial charge in [-0.1, -0.05) is 11.6 Å². The van der Waals surface area contributed by atoms with E-state index >= 15 is 0 Å². The zero-order valence-electron chi connectivity index (χ0n) is 14.0. The van der Waals surface area contributed by atoms with Gasteiger partial charge in [-0.25, -0.2) is 9.37 Å². The molecule has 1 aromatic carbocycles. The number of aryl methyl sites for hydroxylation is 2. The summed E-state index contributed by atoms with van der Waals surface area (Å²) in [5.41, 5.74) is 1.57. The standard InChI is InChI=1S/C18H15ClFN3O2S/c1-10-18(22-17(25)12-3-4-16(24)23(2)9-12)26-15(21-10)7-11-5-13(19)8-14(20)6-11/h3-6,8-9H,7H2,1-2H3,(H,22,25). The van der Waals surface area contributed by atoms with Crippen LogP contribution in [0.4, 0.5) is 9.39 Å². The lowest BCUT2D eigenvalue weighted by molar-refractivity contribution is 0.102. The number of pyridine rings is 1. The summed E-state index contributed by atoms with van der Waals surface area (Å²) in [4.78, 5) is 28.2. The van der Waals surface area contributed by atoms with E-state index in [1.165, 1.54) is 46.4 Å². The minimum Gasteiger partial charge on any atom is -0.318 e. The molecule has 1 N–H and O–H groups in total. The number of anilines is 1. The number of hydrogen-bond donors (Lipinski definition) is 1. The Morgan fingerprint density at radius 3 is 2.81 bits per heavy atom. The van der Waals surface area contributed by atoms with Crippen LogP contribution in [-0.4, -0.2) is 15.5 Å². The van der Waals surface area contributed by atoms with Crippen LogP contribution in [0.1, 0.15) is 26.6 Å². The van der Waals surface area contributed by atoms with Gasteiger partial charge in [0.05, 0.1) is 16.3 Å².